The van der Waals surface area contributed by atoms with E-state index in [2.05, 4.69) is 14.8 Å². The maximum Gasteiger partial charge on any atom is 0.573 e. The lowest BCUT2D eigenvalue weighted by Crippen LogP contribution is -2.29. The van der Waals surface area contributed by atoms with E-state index in [4.69, 9.17) is 4.74 Å². The van der Waals surface area contributed by atoms with Gasteiger partial charge in [0, 0.05) is 17.8 Å². The van der Waals surface area contributed by atoms with Crippen LogP contribution in [0.25, 0.3) is 16.3 Å². The van der Waals surface area contributed by atoms with Crippen LogP contribution in [0.4, 0.5) is 13.2 Å². The van der Waals surface area contributed by atoms with Gasteiger partial charge in [-0.15, -0.1) is 13.2 Å². The monoisotopic (exact) mass is 452 g/mol. The normalized spacial score (nSPS) is 15.4. The van der Waals surface area contributed by atoms with Crippen LogP contribution in [0.1, 0.15) is 5.56 Å². The minimum atomic E-state index is -4.71. The first-order valence-corrected chi connectivity index (χ1v) is 10.3. The highest BCUT2D eigenvalue weighted by Crippen LogP contribution is 2.28. The summed E-state index contributed by atoms with van der Waals surface area (Å²) in [4.78, 5) is 6.31. The largest absolute Gasteiger partial charge is 0.573 e. The number of benzene rings is 2. The van der Waals surface area contributed by atoms with Gasteiger partial charge in [0.2, 0.25) is 5.88 Å². The third-order valence-electron chi connectivity index (χ3n) is 5.21. The molecule has 0 atom stereocenters. The fraction of sp³-hybridized carbons (Fsp3) is 0.167. The Kier molecular flexibility index (Phi) is 5.37. The zero-order chi connectivity index (χ0) is 22.8. The molecule has 3 heterocycles. The zero-order valence-electron chi connectivity index (χ0n) is 17.4. The summed E-state index contributed by atoms with van der Waals surface area (Å²) in [5.41, 5.74) is 1.65. The van der Waals surface area contributed by atoms with Crippen LogP contribution in [0.5, 0.6) is 11.6 Å². The number of alkyl halides is 3. The summed E-state index contributed by atoms with van der Waals surface area (Å²) < 4.78 is 46.9. The molecular formula is C24H19F3N4O2. The summed E-state index contributed by atoms with van der Waals surface area (Å²) in [5, 5.41) is 8.51. The summed E-state index contributed by atoms with van der Waals surface area (Å²) >= 11 is 0. The van der Waals surface area contributed by atoms with E-state index in [0.29, 0.717) is 25.7 Å². The van der Waals surface area contributed by atoms with E-state index in [9.17, 15) is 13.2 Å². The predicted octanol–water partition coefficient (Wildman–Crippen LogP) is 5.01. The van der Waals surface area contributed by atoms with Gasteiger partial charge >= 0.3 is 6.36 Å². The molecule has 0 amide bonds. The van der Waals surface area contributed by atoms with Crippen molar-refractivity contribution in [1.29, 1.82) is 0 Å². The van der Waals surface area contributed by atoms with Crippen LogP contribution < -0.4 is 9.47 Å². The topological polar surface area (TPSA) is 50.2 Å². The van der Waals surface area contributed by atoms with Crippen LogP contribution in [-0.2, 0) is 0 Å². The molecule has 2 aromatic carbocycles. The second kappa shape index (κ2) is 8.50. The molecule has 9 heteroatoms. The first kappa shape index (κ1) is 20.9. The number of hydrogen-bond acceptors (Lipinski definition) is 6. The van der Waals surface area contributed by atoms with Gasteiger partial charge in [-0.2, -0.15) is 5.10 Å². The standard InChI is InChI=1S/C24H19F3N4O2/c25-24(26,27)33-20-8-5-17(6-9-20)19-7-10-22-29-31(16-30(22)15-19)13-14-32-23-21-4-2-1-3-18(21)11-12-28-23/h1-12,15H,13-14,16H2. The lowest BCUT2D eigenvalue weighted by atomic mass is 10.0. The molecule has 0 unspecified atom stereocenters. The van der Waals surface area contributed by atoms with Crippen LogP contribution in [0.2, 0.25) is 0 Å². The fourth-order valence-electron chi connectivity index (χ4n) is 3.69. The molecule has 0 N–H and O–H groups in total. The van der Waals surface area contributed by atoms with Crippen molar-refractivity contribution in [3.05, 3.63) is 84.7 Å². The van der Waals surface area contributed by atoms with Crippen molar-refractivity contribution < 1.29 is 22.6 Å². The van der Waals surface area contributed by atoms with E-state index in [-0.39, 0.29) is 5.75 Å². The molecule has 2 aliphatic rings. The first-order valence-electron chi connectivity index (χ1n) is 10.3. The molecule has 1 aromatic heterocycles. The number of pyridine rings is 1. The van der Waals surface area contributed by atoms with Gasteiger partial charge in [0.25, 0.3) is 0 Å². The molecule has 0 bridgehead atoms. The SMILES string of the molecule is FC(F)(F)Oc1ccc(C2=CN3CN(CCOc4nccc5ccccc45)N=C3C=C2)cc1. The molecule has 6 nitrogen and oxygen atoms in total. The van der Waals surface area contributed by atoms with E-state index in [0.717, 1.165) is 27.7 Å². The molecule has 3 aromatic rings. The van der Waals surface area contributed by atoms with Gasteiger partial charge in [0.1, 0.15) is 19.0 Å². The van der Waals surface area contributed by atoms with Crippen molar-refractivity contribution in [2.24, 2.45) is 5.10 Å². The highest BCUT2D eigenvalue weighted by molar-refractivity contribution is 6.00. The number of allylic oxidation sites excluding steroid dienone is 2. The van der Waals surface area contributed by atoms with Crippen molar-refractivity contribution in [2.75, 3.05) is 19.8 Å². The van der Waals surface area contributed by atoms with Crippen LogP contribution in [-0.4, -0.2) is 46.9 Å². The minimum Gasteiger partial charge on any atom is -0.475 e. The number of nitrogens with zero attached hydrogens (tertiary/aromatic N) is 4. The molecule has 0 radical (unpaired) electrons. The Labute approximate surface area is 187 Å². The van der Waals surface area contributed by atoms with E-state index in [1.54, 1.807) is 18.3 Å². The van der Waals surface area contributed by atoms with E-state index < -0.39 is 6.36 Å². The summed E-state index contributed by atoms with van der Waals surface area (Å²) in [7, 11) is 0. The summed E-state index contributed by atoms with van der Waals surface area (Å²) in [6, 6.07) is 15.7. The van der Waals surface area contributed by atoms with E-state index >= 15 is 0 Å². The van der Waals surface area contributed by atoms with Crippen molar-refractivity contribution in [3.63, 3.8) is 0 Å². The van der Waals surface area contributed by atoms with Crippen molar-refractivity contribution in [1.82, 2.24) is 14.9 Å². The lowest BCUT2D eigenvalue weighted by Gasteiger charge is -2.20. The van der Waals surface area contributed by atoms with Crippen molar-refractivity contribution in [3.8, 4) is 11.6 Å². The Bertz CT molecular complexity index is 1250. The number of rotatable bonds is 6. The van der Waals surface area contributed by atoms with Crippen molar-refractivity contribution in [2.45, 2.75) is 6.36 Å². The number of halogens is 3. The number of hydrogen-bond donors (Lipinski definition) is 0. The Hall–Kier alpha value is -4.01. The molecule has 168 valence electrons. The maximum atomic E-state index is 12.4. The van der Waals surface area contributed by atoms with Gasteiger partial charge in [-0.3, -0.25) is 5.01 Å². The average Bonchev–Trinajstić information content (AvgIpc) is 3.21. The second-order valence-corrected chi connectivity index (χ2v) is 7.48. The summed E-state index contributed by atoms with van der Waals surface area (Å²) in [5.74, 6) is 1.14. The third-order valence-corrected chi connectivity index (χ3v) is 5.21. The van der Waals surface area contributed by atoms with Crippen molar-refractivity contribution >= 4 is 22.2 Å². The quantitative estimate of drug-likeness (QED) is 0.526. The minimum absolute atomic E-state index is 0.248. The molecule has 0 saturated carbocycles. The lowest BCUT2D eigenvalue weighted by molar-refractivity contribution is -0.274. The van der Waals surface area contributed by atoms with Crippen LogP contribution >= 0.6 is 0 Å². The summed E-state index contributed by atoms with van der Waals surface area (Å²) in [6.07, 6.45) is 2.71. The third kappa shape index (κ3) is 4.77. The molecule has 33 heavy (non-hydrogen) atoms. The zero-order valence-corrected chi connectivity index (χ0v) is 17.4. The molecule has 5 rings (SSSR count). The first-order chi connectivity index (χ1) is 15.9. The Morgan fingerprint density at radius 3 is 2.61 bits per heavy atom. The molecule has 0 fully saturated rings. The van der Waals surface area contributed by atoms with Crippen LogP contribution in [0.3, 0.4) is 0 Å². The highest BCUT2D eigenvalue weighted by atomic mass is 19.4. The second-order valence-electron chi connectivity index (χ2n) is 7.48. The molecular weight excluding hydrogens is 433 g/mol. The fourth-order valence-corrected chi connectivity index (χ4v) is 3.69. The van der Waals surface area contributed by atoms with Gasteiger partial charge < -0.3 is 14.4 Å². The summed E-state index contributed by atoms with van der Waals surface area (Å²) in [6.45, 7) is 1.54. The van der Waals surface area contributed by atoms with Gasteiger partial charge in [0.15, 0.2) is 5.84 Å². The maximum absolute atomic E-state index is 12.4. The number of ether oxygens (including phenoxy) is 2. The molecule has 2 aliphatic heterocycles. The van der Waals surface area contributed by atoms with Gasteiger partial charge in [-0.05, 0) is 52.9 Å². The number of aromatic nitrogens is 1. The van der Waals surface area contributed by atoms with Crippen LogP contribution in [0.15, 0.2) is 84.2 Å². The molecule has 0 aliphatic carbocycles. The van der Waals surface area contributed by atoms with E-state index in [1.165, 1.54) is 12.1 Å². The molecule has 0 spiro atoms. The van der Waals surface area contributed by atoms with E-state index in [1.807, 2.05) is 58.6 Å². The number of amidine groups is 1. The molecule has 0 saturated heterocycles. The average molecular weight is 452 g/mol. The van der Waals surface area contributed by atoms with Gasteiger partial charge in [-0.1, -0.05) is 30.3 Å². The Morgan fingerprint density at radius 1 is 0.970 bits per heavy atom. The van der Waals surface area contributed by atoms with Gasteiger partial charge in [-0.25, -0.2) is 4.98 Å². The Balaban J connectivity index is 1.19. The Morgan fingerprint density at radius 2 is 1.79 bits per heavy atom. The number of fused-ring (bicyclic) bond motifs is 2. The number of hydrazone groups is 1. The predicted molar refractivity (Wildman–Crippen MR) is 118 cm³/mol. The van der Waals surface area contributed by atoms with Gasteiger partial charge in [0.05, 0.1) is 6.54 Å². The van der Waals surface area contributed by atoms with Crippen LogP contribution in [0, 0.1) is 0 Å². The highest BCUT2D eigenvalue weighted by Gasteiger charge is 2.31. The smallest absolute Gasteiger partial charge is 0.475 e.